The van der Waals surface area contributed by atoms with Crippen LogP contribution in [0.15, 0.2) is 0 Å². The van der Waals surface area contributed by atoms with Gasteiger partial charge in [0.05, 0.1) is 0 Å². The summed E-state index contributed by atoms with van der Waals surface area (Å²) in [6, 6.07) is 0.881. The van der Waals surface area contributed by atoms with Crippen LogP contribution < -0.4 is 0 Å². The summed E-state index contributed by atoms with van der Waals surface area (Å²) >= 11 is 0. The van der Waals surface area contributed by atoms with E-state index in [4.69, 9.17) is 0 Å². The molecule has 0 spiro atoms. The second-order valence-corrected chi connectivity index (χ2v) is 6.13. The van der Waals surface area contributed by atoms with Crippen molar-refractivity contribution in [1.29, 1.82) is 0 Å². The van der Waals surface area contributed by atoms with E-state index in [0.717, 1.165) is 6.04 Å². The van der Waals surface area contributed by atoms with Gasteiger partial charge in [-0.3, -0.25) is 9.80 Å². The second-order valence-electron chi connectivity index (χ2n) is 6.13. The number of hydrogen-bond donors (Lipinski definition) is 0. The Balaban J connectivity index is 1.85. The first-order valence-electron chi connectivity index (χ1n) is 6.01. The maximum absolute atomic E-state index is 2.68. The lowest BCUT2D eigenvalue weighted by molar-refractivity contribution is 0.0790. The van der Waals surface area contributed by atoms with Crippen molar-refractivity contribution in [3.8, 4) is 0 Å². The standard InChI is InChI=1S/C12H24N2/c1-12(2,3)10-13-7-8-14-6-4-5-11(14)9-13/h11H,4-10H2,1-3H3/t11-/m0/s1. The summed E-state index contributed by atoms with van der Waals surface area (Å²) in [4.78, 5) is 5.34. The molecule has 2 nitrogen and oxygen atoms in total. The van der Waals surface area contributed by atoms with Crippen LogP contribution in [0.3, 0.4) is 0 Å². The molecule has 2 rings (SSSR count). The molecule has 2 aliphatic heterocycles. The van der Waals surface area contributed by atoms with Gasteiger partial charge in [-0.2, -0.15) is 0 Å². The van der Waals surface area contributed by atoms with Crippen LogP contribution in [0.1, 0.15) is 33.6 Å². The normalized spacial score (nSPS) is 30.6. The smallest absolute Gasteiger partial charge is 0.0224 e. The first-order valence-corrected chi connectivity index (χ1v) is 6.01. The molecule has 0 saturated carbocycles. The zero-order valence-corrected chi connectivity index (χ0v) is 9.92. The van der Waals surface area contributed by atoms with Crippen molar-refractivity contribution >= 4 is 0 Å². The molecule has 2 heterocycles. The molecule has 0 aromatic carbocycles. The minimum Gasteiger partial charge on any atom is -0.300 e. The molecule has 2 saturated heterocycles. The molecule has 2 aliphatic rings. The van der Waals surface area contributed by atoms with E-state index in [0.29, 0.717) is 5.41 Å². The maximum Gasteiger partial charge on any atom is 0.0224 e. The van der Waals surface area contributed by atoms with Gasteiger partial charge in [0.25, 0.3) is 0 Å². The summed E-state index contributed by atoms with van der Waals surface area (Å²) in [5.41, 5.74) is 0.459. The van der Waals surface area contributed by atoms with Crippen molar-refractivity contribution in [2.24, 2.45) is 5.41 Å². The highest BCUT2D eigenvalue weighted by molar-refractivity contribution is 4.87. The Hall–Kier alpha value is -0.0800. The molecule has 0 aromatic rings. The van der Waals surface area contributed by atoms with Crippen LogP contribution >= 0.6 is 0 Å². The third kappa shape index (κ3) is 2.48. The van der Waals surface area contributed by atoms with Crippen LogP contribution in [0.2, 0.25) is 0 Å². The number of rotatable bonds is 1. The number of piperazine rings is 1. The molecule has 0 aliphatic carbocycles. The van der Waals surface area contributed by atoms with Gasteiger partial charge in [0.2, 0.25) is 0 Å². The first-order chi connectivity index (χ1) is 6.54. The highest BCUT2D eigenvalue weighted by Gasteiger charge is 2.31. The lowest BCUT2D eigenvalue weighted by Crippen LogP contribution is -2.51. The Bertz CT molecular complexity index is 195. The summed E-state index contributed by atoms with van der Waals surface area (Å²) in [6.07, 6.45) is 2.86. The van der Waals surface area contributed by atoms with E-state index in [1.54, 1.807) is 0 Å². The monoisotopic (exact) mass is 196 g/mol. The molecule has 0 aromatic heterocycles. The zero-order valence-electron chi connectivity index (χ0n) is 9.92. The Morgan fingerprint density at radius 2 is 1.93 bits per heavy atom. The largest absolute Gasteiger partial charge is 0.300 e. The van der Waals surface area contributed by atoms with Crippen LogP contribution in [0, 0.1) is 5.41 Å². The van der Waals surface area contributed by atoms with E-state index in [-0.39, 0.29) is 0 Å². The van der Waals surface area contributed by atoms with Crippen molar-refractivity contribution < 1.29 is 0 Å². The summed E-state index contributed by atoms with van der Waals surface area (Å²) in [5.74, 6) is 0. The topological polar surface area (TPSA) is 6.48 Å². The molecule has 0 bridgehead atoms. The number of fused-ring (bicyclic) bond motifs is 1. The predicted molar refractivity (Wildman–Crippen MR) is 60.5 cm³/mol. The molecule has 0 radical (unpaired) electrons. The third-order valence-corrected chi connectivity index (χ3v) is 3.37. The van der Waals surface area contributed by atoms with Crippen molar-refractivity contribution in [1.82, 2.24) is 9.80 Å². The molecule has 0 amide bonds. The Morgan fingerprint density at radius 1 is 1.14 bits per heavy atom. The van der Waals surface area contributed by atoms with E-state index in [9.17, 15) is 0 Å². The molecule has 0 unspecified atom stereocenters. The van der Waals surface area contributed by atoms with Crippen LogP contribution in [0.4, 0.5) is 0 Å². The van der Waals surface area contributed by atoms with Gasteiger partial charge in [-0.15, -0.1) is 0 Å². The average molecular weight is 196 g/mol. The van der Waals surface area contributed by atoms with Gasteiger partial charge in [0.1, 0.15) is 0 Å². The molecule has 2 heteroatoms. The Labute approximate surface area is 88.3 Å². The van der Waals surface area contributed by atoms with Gasteiger partial charge in [0.15, 0.2) is 0 Å². The van der Waals surface area contributed by atoms with Gasteiger partial charge in [-0.1, -0.05) is 20.8 Å². The van der Waals surface area contributed by atoms with Gasteiger partial charge in [-0.05, 0) is 24.8 Å². The maximum atomic E-state index is 2.68. The van der Waals surface area contributed by atoms with Crippen LogP contribution in [-0.4, -0.2) is 48.6 Å². The predicted octanol–water partition coefficient (Wildman–Crippen LogP) is 1.81. The van der Waals surface area contributed by atoms with E-state index in [1.165, 1.54) is 45.6 Å². The van der Waals surface area contributed by atoms with Gasteiger partial charge in [0, 0.05) is 32.2 Å². The highest BCUT2D eigenvalue weighted by Crippen LogP contribution is 2.24. The lowest BCUT2D eigenvalue weighted by Gasteiger charge is -2.40. The van der Waals surface area contributed by atoms with Gasteiger partial charge >= 0.3 is 0 Å². The molecule has 1 atom stereocenters. The third-order valence-electron chi connectivity index (χ3n) is 3.37. The minimum atomic E-state index is 0.459. The van der Waals surface area contributed by atoms with Crippen molar-refractivity contribution in [3.05, 3.63) is 0 Å². The van der Waals surface area contributed by atoms with E-state index < -0.39 is 0 Å². The first kappa shape index (κ1) is 10.4. The lowest BCUT2D eigenvalue weighted by atomic mass is 9.95. The SMILES string of the molecule is CC(C)(C)CN1CCN2CCC[C@H]2C1. The van der Waals surface area contributed by atoms with Crippen LogP contribution in [-0.2, 0) is 0 Å². The summed E-state index contributed by atoms with van der Waals surface area (Å²) in [7, 11) is 0. The average Bonchev–Trinajstić information content (AvgIpc) is 2.47. The van der Waals surface area contributed by atoms with E-state index in [1.807, 2.05) is 0 Å². The van der Waals surface area contributed by atoms with E-state index >= 15 is 0 Å². The Kier molecular flexibility index (Phi) is 2.85. The summed E-state index contributed by atoms with van der Waals surface area (Å²) < 4.78 is 0. The molecular weight excluding hydrogens is 172 g/mol. The van der Waals surface area contributed by atoms with Crippen LogP contribution in [0.25, 0.3) is 0 Å². The molecule has 14 heavy (non-hydrogen) atoms. The molecule has 82 valence electrons. The van der Waals surface area contributed by atoms with E-state index in [2.05, 4.69) is 30.6 Å². The Morgan fingerprint density at radius 3 is 2.64 bits per heavy atom. The molecule has 0 N–H and O–H groups in total. The van der Waals surface area contributed by atoms with Gasteiger partial charge in [-0.25, -0.2) is 0 Å². The highest BCUT2D eigenvalue weighted by atomic mass is 15.3. The quantitative estimate of drug-likeness (QED) is 0.631. The molecular formula is C12H24N2. The fraction of sp³-hybridized carbons (Fsp3) is 1.00. The second kappa shape index (κ2) is 3.82. The zero-order chi connectivity index (χ0) is 10.2. The molecule has 2 fully saturated rings. The summed E-state index contributed by atoms with van der Waals surface area (Å²) in [5, 5.41) is 0. The van der Waals surface area contributed by atoms with Crippen molar-refractivity contribution in [2.45, 2.75) is 39.7 Å². The summed E-state index contributed by atoms with van der Waals surface area (Å²) in [6.45, 7) is 13.5. The van der Waals surface area contributed by atoms with Crippen molar-refractivity contribution in [3.63, 3.8) is 0 Å². The van der Waals surface area contributed by atoms with Crippen LogP contribution in [0.5, 0.6) is 0 Å². The fourth-order valence-electron chi connectivity index (χ4n) is 2.87. The number of nitrogens with zero attached hydrogens (tertiary/aromatic N) is 2. The number of hydrogen-bond acceptors (Lipinski definition) is 2. The fourth-order valence-corrected chi connectivity index (χ4v) is 2.87. The van der Waals surface area contributed by atoms with Gasteiger partial charge < -0.3 is 0 Å². The van der Waals surface area contributed by atoms with Crippen molar-refractivity contribution in [2.75, 3.05) is 32.7 Å². The minimum absolute atomic E-state index is 0.459.